The average molecular weight is 340 g/mol. The van der Waals surface area contributed by atoms with Crippen molar-refractivity contribution in [1.29, 1.82) is 0 Å². The van der Waals surface area contributed by atoms with Gasteiger partial charge in [-0.15, -0.1) is 0 Å². The Morgan fingerprint density at radius 1 is 1.12 bits per heavy atom. The Morgan fingerprint density at radius 3 is 2.58 bits per heavy atom. The van der Waals surface area contributed by atoms with E-state index in [1.807, 2.05) is 6.92 Å². The lowest BCUT2D eigenvalue weighted by Crippen LogP contribution is -2.41. The van der Waals surface area contributed by atoms with Gasteiger partial charge in [0.25, 0.3) is 0 Å². The molecule has 0 aromatic rings. The van der Waals surface area contributed by atoms with Crippen molar-refractivity contribution in [2.45, 2.75) is 45.1 Å². The number of nitrogens with one attached hydrogen (secondary N) is 3. The van der Waals surface area contributed by atoms with Gasteiger partial charge in [-0.1, -0.05) is 0 Å². The molecule has 1 amide bonds. The number of carbonyl (C=O) groups is 1. The zero-order valence-electron chi connectivity index (χ0n) is 14.8. The molecule has 2 rings (SSSR count). The van der Waals surface area contributed by atoms with Crippen molar-refractivity contribution in [2.75, 3.05) is 46.0 Å². The summed E-state index contributed by atoms with van der Waals surface area (Å²) in [7, 11) is 0. The van der Waals surface area contributed by atoms with Gasteiger partial charge in [-0.3, -0.25) is 9.79 Å². The lowest BCUT2D eigenvalue weighted by molar-refractivity contribution is -0.122. The SMILES string of the molecule is CCNC(=NCCCOC1CCOCC1)NCCNC(=O)C1CC1. The first-order valence-electron chi connectivity index (χ1n) is 9.29. The monoisotopic (exact) mass is 340 g/mol. The molecule has 0 unspecified atom stereocenters. The predicted molar refractivity (Wildman–Crippen MR) is 94.1 cm³/mol. The van der Waals surface area contributed by atoms with Crippen molar-refractivity contribution in [2.24, 2.45) is 10.9 Å². The highest BCUT2D eigenvalue weighted by molar-refractivity contribution is 5.81. The fourth-order valence-electron chi connectivity index (χ4n) is 2.55. The minimum absolute atomic E-state index is 0.184. The summed E-state index contributed by atoms with van der Waals surface area (Å²) in [5.41, 5.74) is 0. The summed E-state index contributed by atoms with van der Waals surface area (Å²) in [6.07, 6.45) is 5.34. The molecular weight excluding hydrogens is 308 g/mol. The average Bonchev–Trinajstić information content (AvgIpc) is 3.44. The van der Waals surface area contributed by atoms with Gasteiger partial charge in [0.1, 0.15) is 0 Å². The third-order valence-corrected chi connectivity index (χ3v) is 4.10. The fraction of sp³-hybridized carbons (Fsp3) is 0.882. The zero-order chi connectivity index (χ0) is 17.0. The fourth-order valence-corrected chi connectivity index (χ4v) is 2.55. The summed E-state index contributed by atoms with van der Waals surface area (Å²) in [5.74, 6) is 1.25. The maximum Gasteiger partial charge on any atom is 0.223 e. The van der Waals surface area contributed by atoms with Gasteiger partial charge >= 0.3 is 0 Å². The Kier molecular flexibility index (Phi) is 8.91. The van der Waals surface area contributed by atoms with E-state index in [0.29, 0.717) is 19.2 Å². The van der Waals surface area contributed by atoms with E-state index >= 15 is 0 Å². The van der Waals surface area contributed by atoms with Crippen LogP contribution in [0.2, 0.25) is 0 Å². The van der Waals surface area contributed by atoms with E-state index in [2.05, 4.69) is 20.9 Å². The third kappa shape index (κ3) is 7.97. The molecule has 0 atom stereocenters. The second kappa shape index (κ2) is 11.3. The van der Waals surface area contributed by atoms with Gasteiger partial charge in [0.05, 0.1) is 6.10 Å². The largest absolute Gasteiger partial charge is 0.381 e. The Bertz CT molecular complexity index is 393. The Morgan fingerprint density at radius 2 is 1.88 bits per heavy atom. The van der Waals surface area contributed by atoms with E-state index in [4.69, 9.17) is 9.47 Å². The van der Waals surface area contributed by atoms with E-state index in [1.54, 1.807) is 0 Å². The van der Waals surface area contributed by atoms with Crippen LogP contribution < -0.4 is 16.0 Å². The minimum atomic E-state index is 0.184. The number of hydrogen-bond acceptors (Lipinski definition) is 4. The summed E-state index contributed by atoms with van der Waals surface area (Å²) < 4.78 is 11.2. The molecule has 7 nitrogen and oxygen atoms in total. The van der Waals surface area contributed by atoms with Gasteiger partial charge < -0.3 is 25.4 Å². The van der Waals surface area contributed by atoms with E-state index in [1.165, 1.54) is 0 Å². The van der Waals surface area contributed by atoms with Crippen molar-refractivity contribution in [3.8, 4) is 0 Å². The number of aliphatic imine (C=N–C) groups is 1. The second-order valence-electron chi connectivity index (χ2n) is 6.29. The molecule has 0 aromatic heterocycles. The van der Waals surface area contributed by atoms with Crippen LogP contribution in [0.5, 0.6) is 0 Å². The quantitative estimate of drug-likeness (QED) is 0.309. The topological polar surface area (TPSA) is 84.0 Å². The van der Waals surface area contributed by atoms with Crippen molar-refractivity contribution in [3.05, 3.63) is 0 Å². The first-order valence-corrected chi connectivity index (χ1v) is 9.29. The lowest BCUT2D eigenvalue weighted by Gasteiger charge is -2.22. The highest BCUT2D eigenvalue weighted by Gasteiger charge is 2.28. The number of amides is 1. The van der Waals surface area contributed by atoms with Gasteiger partial charge in [-0.25, -0.2) is 0 Å². The first kappa shape index (κ1) is 19.0. The molecule has 7 heteroatoms. The molecule has 0 radical (unpaired) electrons. The number of hydrogen-bond donors (Lipinski definition) is 3. The molecule has 2 fully saturated rings. The van der Waals surface area contributed by atoms with Crippen LogP contribution in [-0.4, -0.2) is 64.0 Å². The Labute approximate surface area is 145 Å². The summed E-state index contributed by atoms with van der Waals surface area (Å²) >= 11 is 0. The number of carbonyl (C=O) groups excluding carboxylic acids is 1. The molecule has 138 valence electrons. The maximum absolute atomic E-state index is 11.5. The van der Waals surface area contributed by atoms with Gasteiger partial charge in [0, 0.05) is 51.9 Å². The van der Waals surface area contributed by atoms with Crippen LogP contribution in [0.3, 0.4) is 0 Å². The van der Waals surface area contributed by atoms with Gasteiger partial charge in [0.15, 0.2) is 5.96 Å². The zero-order valence-corrected chi connectivity index (χ0v) is 14.8. The highest BCUT2D eigenvalue weighted by atomic mass is 16.5. The van der Waals surface area contributed by atoms with Gasteiger partial charge in [-0.2, -0.15) is 0 Å². The molecule has 0 aromatic carbocycles. The van der Waals surface area contributed by atoms with Crippen LogP contribution in [0.4, 0.5) is 0 Å². The Hall–Kier alpha value is -1.34. The van der Waals surface area contributed by atoms with Crippen LogP contribution in [0.25, 0.3) is 0 Å². The first-order chi connectivity index (χ1) is 11.8. The summed E-state index contributed by atoms with van der Waals surface area (Å²) in [5, 5.41) is 9.40. The molecular formula is C17H32N4O3. The summed E-state index contributed by atoms with van der Waals surface area (Å²) in [6.45, 7) is 7.27. The van der Waals surface area contributed by atoms with Crippen LogP contribution in [-0.2, 0) is 14.3 Å². The number of nitrogens with zero attached hydrogens (tertiary/aromatic N) is 1. The normalized spacial score (nSPS) is 19.1. The van der Waals surface area contributed by atoms with Crippen LogP contribution in [0.1, 0.15) is 39.0 Å². The lowest BCUT2D eigenvalue weighted by atomic mass is 10.1. The van der Waals surface area contributed by atoms with Gasteiger partial charge in [0.2, 0.25) is 5.91 Å². The molecule has 1 aliphatic carbocycles. The van der Waals surface area contributed by atoms with Crippen molar-refractivity contribution in [3.63, 3.8) is 0 Å². The summed E-state index contributed by atoms with van der Waals surface area (Å²) in [6, 6.07) is 0. The molecule has 1 saturated heterocycles. The van der Waals surface area contributed by atoms with Crippen molar-refractivity contribution in [1.82, 2.24) is 16.0 Å². The predicted octanol–water partition coefficient (Wildman–Crippen LogP) is 0.653. The third-order valence-electron chi connectivity index (χ3n) is 4.10. The minimum Gasteiger partial charge on any atom is -0.381 e. The Balaban J connectivity index is 1.52. The van der Waals surface area contributed by atoms with Crippen LogP contribution >= 0.6 is 0 Å². The molecule has 1 saturated carbocycles. The molecule has 24 heavy (non-hydrogen) atoms. The number of guanidine groups is 1. The highest BCUT2D eigenvalue weighted by Crippen LogP contribution is 2.28. The summed E-state index contributed by atoms with van der Waals surface area (Å²) in [4.78, 5) is 16.1. The molecule has 1 heterocycles. The molecule has 1 aliphatic heterocycles. The van der Waals surface area contributed by atoms with Crippen LogP contribution in [0, 0.1) is 5.92 Å². The van der Waals surface area contributed by atoms with Crippen molar-refractivity contribution < 1.29 is 14.3 Å². The van der Waals surface area contributed by atoms with Gasteiger partial charge in [-0.05, 0) is 39.0 Å². The molecule has 2 aliphatic rings. The number of rotatable bonds is 10. The van der Waals surface area contributed by atoms with E-state index < -0.39 is 0 Å². The molecule has 3 N–H and O–H groups in total. The molecule has 0 spiro atoms. The maximum atomic E-state index is 11.5. The van der Waals surface area contributed by atoms with E-state index in [9.17, 15) is 4.79 Å². The number of ether oxygens (including phenoxy) is 2. The smallest absolute Gasteiger partial charge is 0.223 e. The van der Waals surface area contributed by atoms with Crippen LogP contribution in [0.15, 0.2) is 4.99 Å². The van der Waals surface area contributed by atoms with Crippen molar-refractivity contribution >= 4 is 11.9 Å². The standard InChI is InChI=1S/C17H32N4O3/c1-2-18-17(21-10-9-19-16(22)14-4-5-14)20-8-3-11-24-15-6-12-23-13-7-15/h14-15H,2-13H2,1H3,(H,19,22)(H2,18,20,21). The van der Waals surface area contributed by atoms with E-state index in [0.717, 1.165) is 71.0 Å². The van der Waals surface area contributed by atoms with E-state index in [-0.39, 0.29) is 11.8 Å². The second-order valence-corrected chi connectivity index (χ2v) is 6.29. The molecule has 0 bridgehead atoms.